The summed E-state index contributed by atoms with van der Waals surface area (Å²) in [5.41, 5.74) is 0.200. The van der Waals surface area contributed by atoms with Gasteiger partial charge in [-0.2, -0.15) is 13.2 Å². The van der Waals surface area contributed by atoms with Gasteiger partial charge in [0, 0.05) is 12.0 Å². The molecule has 17 heavy (non-hydrogen) atoms. The quantitative estimate of drug-likeness (QED) is 0.530. The van der Waals surface area contributed by atoms with Crippen LogP contribution in [0, 0.1) is 5.92 Å². The highest BCUT2D eigenvalue weighted by Crippen LogP contribution is 2.25. The highest BCUT2D eigenvalue weighted by atomic mass is 19.4. The van der Waals surface area contributed by atoms with Crippen LogP contribution in [0.4, 0.5) is 13.2 Å². The SMILES string of the molecule is C=C(C)C(=O)OC(CCC(F)(F)F)CC(C)C. The molecular weight excluding hydrogens is 233 g/mol. The van der Waals surface area contributed by atoms with Gasteiger partial charge >= 0.3 is 12.1 Å². The molecule has 0 spiro atoms. The molecule has 0 aromatic heterocycles. The lowest BCUT2D eigenvalue weighted by Crippen LogP contribution is -2.23. The maximum Gasteiger partial charge on any atom is 0.389 e. The molecule has 0 saturated carbocycles. The van der Waals surface area contributed by atoms with Gasteiger partial charge in [0.25, 0.3) is 0 Å². The van der Waals surface area contributed by atoms with E-state index in [1.165, 1.54) is 6.92 Å². The van der Waals surface area contributed by atoms with E-state index in [0.29, 0.717) is 6.42 Å². The van der Waals surface area contributed by atoms with Crippen LogP contribution < -0.4 is 0 Å². The molecule has 0 bridgehead atoms. The molecule has 0 radical (unpaired) electrons. The number of hydrogen-bond donors (Lipinski definition) is 0. The number of rotatable bonds is 6. The Labute approximate surface area is 99.8 Å². The van der Waals surface area contributed by atoms with Crippen LogP contribution in [0.1, 0.15) is 40.0 Å². The Morgan fingerprint density at radius 3 is 2.24 bits per heavy atom. The van der Waals surface area contributed by atoms with Gasteiger partial charge in [0.2, 0.25) is 0 Å². The second kappa shape index (κ2) is 6.67. The second-order valence-electron chi connectivity index (χ2n) is 4.59. The fourth-order valence-electron chi connectivity index (χ4n) is 1.33. The molecule has 0 fully saturated rings. The average Bonchev–Trinajstić information content (AvgIpc) is 2.11. The van der Waals surface area contributed by atoms with Crippen LogP contribution in [-0.2, 0) is 9.53 Å². The first kappa shape index (κ1) is 16.0. The van der Waals surface area contributed by atoms with Gasteiger partial charge in [-0.15, -0.1) is 0 Å². The van der Waals surface area contributed by atoms with E-state index in [4.69, 9.17) is 4.74 Å². The predicted molar refractivity (Wildman–Crippen MR) is 59.4 cm³/mol. The van der Waals surface area contributed by atoms with Crippen molar-refractivity contribution < 1.29 is 22.7 Å². The third kappa shape index (κ3) is 8.77. The van der Waals surface area contributed by atoms with E-state index >= 15 is 0 Å². The highest BCUT2D eigenvalue weighted by Gasteiger charge is 2.29. The molecule has 0 aromatic rings. The maximum atomic E-state index is 12.1. The van der Waals surface area contributed by atoms with E-state index in [1.807, 2.05) is 13.8 Å². The van der Waals surface area contributed by atoms with E-state index in [9.17, 15) is 18.0 Å². The molecule has 0 rings (SSSR count). The first-order valence-electron chi connectivity index (χ1n) is 5.55. The number of ether oxygens (including phenoxy) is 1. The van der Waals surface area contributed by atoms with Gasteiger partial charge in [-0.1, -0.05) is 20.4 Å². The number of hydrogen-bond acceptors (Lipinski definition) is 2. The maximum absolute atomic E-state index is 12.1. The minimum Gasteiger partial charge on any atom is -0.459 e. The van der Waals surface area contributed by atoms with E-state index in [0.717, 1.165) is 0 Å². The fourth-order valence-corrected chi connectivity index (χ4v) is 1.33. The van der Waals surface area contributed by atoms with Crippen molar-refractivity contribution >= 4 is 5.97 Å². The van der Waals surface area contributed by atoms with E-state index < -0.39 is 24.7 Å². The summed E-state index contributed by atoms with van der Waals surface area (Å²) in [5, 5.41) is 0. The highest BCUT2D eigenvalue weighted by molar-refractivity contribution is 5.87. The molecule has 5 heteroatoms. The van der Waals surface area contributed by atoms with Gasteiger partial charge in [-0.3, -0.25) is 0 Å². The van der Waals surface area contributed by atoms with Gasteiger partial charge in [0.1, 0.15) is 6.10 Å². The zero-order chi connectivity index (χ0) is 13.6. The normalized spacial score (nSPS) is 13.6. The first-order valence-corrected chi connectivity index (χ1v) is 5.55. The van der Waals surface area contributed by atoms with Gasteiger partial charge in [-0.05, 0) is 25.7 Å². The van der Waals surface area contributed by atoms with Crippen molar-refractivity contribution in [1.82, 2.24) is 0 Å². The van der Waals surface area contributed by atoms with Crippen molar-refractivity contribution in [3.05, 3.63) is 12.2 Å². The van der Waals surface area contributed by atoms with Crippen LogP contribution in [0.25, 0.3) is 0 Å². The van der Waals surface area contributed by atoms with Gasteiger partial charge in [-0.25, -0.2) is 4.79 Å². The monoisotopic (exact) mass is 252 g/mol. The van der Waals surface area contributed by atoms with E-state index in [2.05, 4.69) is 6.58 Å². The van der Waals surface area contributed by atoms with Crippen molar-refractivity contribution in [1.29, 1.82) is 0 Å². The molecule has 0 amide bonds. The minimum atomic E-state index is -4.22. The Hall–Kier alpha value is -1.00. The second-order valence-corrected chi connectivity index (χ2v) is 4.59. The van der Waals surface area contributed by atoms with Crippen LogP contribution in [-0.4, -0.2) is 18.2 Å². The van der Waals surface area contributed by atoms with Crippen molar-refractivity contribution in [2.75, 3.05) is 0 Å². The van der Waals surface area contributed by atoms with Crippen LogP contribution in [0.3, 0.4) is 0 Å². The molecule has 0 aliphatic carbocycles. The summed E-state index contributed by atoms with van der Waals surface area (Å²) < 4.78 is 41.3. The standard InChI is InChI=1S/C12H19F3O2/c1-8(2)7-10(5-6-12(13,14)15)17-11(16)9(3)4/h8,10H,3,5-7H2,1-2,4H3. The van der Waals surface area contributed by atoms with Gasteiger partial charge < -0.3 is 4.74 Å². The summed E-state index contributed by atoms with van der Waals surface area (Å²) in [5.74, 6) is -0.455. The van der Waals surface area contributed by atoms with Crippen molar-refractivity contribution in [2.24, 2.45) is 5.92 Å². The third-order valence-electron chi connectivity index (χ3n) is 2.11. The Bertz CT molecular complexity index is 269. The number of carbonyl (C=O) groups excluding carboxylic acids is 1. The molecule has 0 aliphatic heterocycles. The number of alkyl halides is 3. The summed E-state index contributed by atoms with van der Waals surface area (Å²) in [6.07, 6.45) is -5.62. The van der Waals surface area contributed by atoms with Crippen LogP contribution in [0.5, 0.6) is 0 Å². The molecule has 0 saturated heterocycles. The topological polar surface area (TPSA) is 26.3 Å². The smallest absolute Gasteiger partial charge is 0.389 e. The average molecular weight is 252 g/mol. The Kier molecular flexibility index (Phi) is 6.27. The van der Waals surface area contributed by atoms with Crippen molar-refractivity contribution in [3.63, 3.8) is 0 Å². The molecule has 1 unspecified atom stereocenters. The molecule has 0 aliphatic rings. The molecule has 2 nitrogen and oxygen atoms in total. The minimum absolute atomic E-state index is 0.172. The summed E-state index contributed by atoms with van der Waals surface area (Å²) >= 11 is 0. The largest absolute Gasteiger partial charge is 0.459 e. The van der Waals surface area contributed by atoms with Crippen molar-refractivity contribution in [2.45, 2.75) is 52.3 Å². The van der Waals surface area contributed by atoms with Crippen molar-refractivity contribution in [3.8, 4) is 0 Å². The zero-order valence-corrected chi connectivity index (χ0v) is 10.4. The molecule has 0 heterocycles. The number of esters is 1. The Morgan fingerprint density at radius 2 is 1.88 bits per heavy atom. The molecule has 1 atom stereocenters. The summed E-state index contributed by atoms with van der Waals surface area (Å²) in [6.45, 7) is 8.61. The van der Waals surface area contributed by atoms with Gasteiger partial charge in [0.05, 0.1) is 0 Å². The van der Waals surface area contributed by atoms with Gasteiger partial charge in [0.15, 0.2) is 0 Å². The zero-order valence-electron chi connectivity index (χ0n) is 10.4. The van der Waals surface area contributed by atoms with Crippen LogP contribution >= 0.6 is 0 Å². The lowest BCUT2D eigenvalue weighted by Gasteiger charge is -2.20. The Morgan fingerprint density at radius 1 is 1.35 bits per heavy atom. The Balaban J connectivity index is 4.33. The third-order valence-corrected chi connectivity index (χ3v) is 2.11. The summed E-state index contributed by atoms with van der Waals surface area (Å²) in [4.78, 5) is 11.3. The fraction of sp³-hybridized carbons (Fsp3) is 0.750. The van der Waals surface area contributed by atoms with Crippen LogP contribution in [0.15, 0.2) is 12.2 Å². The lowest BCUT2D eigenvalue weighted by atomic mass is 10.0. The molecule has 0 N–H and O–H groups in total. The summed E-state index contributed by atoms with van der Waals surface area (Å²) in [7, 11) is 0. The van der Waals surface area contributed by atoms with Crippen LogP contribution in [0.2, 0.25) is 0 Å². The summed E-state index contributed by atoms with van der Waals surface area (Å²) in [6, 6.07) is 0. The van der Waals surface area contributed by atoms with E-state index in [-0.39, 0.29) is 17.9 Å². The molecular formula is C12H19F3O2. The predicted octanol–water partition coefficient (Wildman–Crippen LogP) is 3.86. The number of carbonyl (C=O) groups is 1. The molecule has 0 aromatic carbocycles. The molecule has 100 valence electrons. The lowest BCUT2D eigenvalue weighted by molar-refractivity contribution is -0.155. The number of halogens is 3. The first-order chi connectivity index (χ1) is 7.61. The van der Waals surface area contributed by atoms with E-state index in [1.54, 1.807) is 0 Å².